The van der Waals surface area contributed by atoms with Crippen LogP contribution in [0.5, 0.6) is 0 Å². The summed E-state index contributed by atoms with van der Waals surface area (Å²) in [5.74, 6) is 0.448. The third-order valence-corrected chi connectivity index (χ3v) is 2.67. The van der Waals surface area contributed by atoms with Crippen LogP contribution in [0.2, 0.25) is 0 Å². The van der Waals surface area contributed by atoms with Crippen molar-refractivity contribution < 1.29 is 14.3 Å². The summed E-state index contributed by atoms with van der Waals surface area (Å²) in [7, 11) is 0. The molecule has 2 N–H and O–H groups in total. The Morgan fingerprint density at radius 2 is 2.05 bits per heavy atom. The molecule has 122 valence electrons. The van der Waals surface area contributed by atoms with Gasteiger partial charge in [0.15, 0.2) is 5.82 Å². The summed E-state index contributed by atoms with van der Waals surface area (Å²) in [4.78, 5) is 31.1. The topological polar surface area (TPSA) is 93.2 Å². The lowest BCUT2D eigenvalue weighted by Gasteiger charge is -2.20. The van der Waals surface area contributed by atoms with Crippen molar-refractivity contribution in [3.8, 4) is 0 Å². The monoisotopic (exact) mass is 308 g/mol. The van der Waals surface area contributed by atoms with E-state index < -0.39 is 11.7 Å². The van der Waals surface area contributed by atoms with Gasteiger partial charge in [0.25, 0.3) is 0 Å². The van der Waals surface area contributed by atoms with Gasteiger partial charge in [-0.1, -0.05) is 6.92 Å². The van der Waals surface area contributed by atoms with Crippen molar-refractivity contribution in [3.63, 3.8) is 0 Å². The van der Waals surface area contributed by atoms with Gasteiger partial charge in [-0.15, -0.1) is 0 Å². The molecule has 0 aliphatic heterocycles. The number of carbonyl (C=O) groups is 2. The number of amides is 2. The van der Waals surface area contributed by atoms with E-state index in [4.69, 9.17) is 4.74 Å². The summed E-state index contributed by atoms with van der Waals surface area (Å²) in [6, 6.07) is 0. The zero-order valence-electron chi connectivity index (χ0n) is 13.5. The summed E-state index contributed by atoms with van der Waals surface area (Å²) in [6.45, 7) is 7.85. The molecule has 1 atom stereocenters. The average molecular weight is 308 g/mol. The lowest BCUT2D eigenvalue weighted by atomic mass is 10.0. The molecule has 0 fully saturated rings. The lowest BCUT2D eigenvalue weighted by Crippen LogP contribution is -2.33. The smallest absolute Gasteiger partial charge is 0.407 e. The molecule has 0 unspecified atom stereocenters. The van der Waals surface area contributed by atoms with Crippen LogP contribution in [-0.2, 0) is 9.53 Å². The van der Waals surface area contributed by atoms with Crippen molar-refractivity contribution in [2.45, 2.75) is 46.1 Å². The molecule has 1 aromatic heterocycles. The SMILES string of the molecule is C[C@@H](CCNC(=O)OC(C)(C)C)CC(=O)Nc1cnccn1. The summed E-state index contributed by atoms with van der Waals surface area (Å²) < 4.78 is 5.14. The van der Waals surface area contributed by atoms with Gasteiger partial charge in [0.2, 0.25) is 5.91 Å². The Labute approximate surface area is 130 Å². The summed E-state index contributed by atoms with van der Waals surface area (Å²) >= 11 is 0. The molecule has 0 aromatic carbocycles. The maximum absolute atomic E-state index is 11.8. The van der Waals surface area contributed by atoms with Crippen molar-refractivity contribution >= 4 is 17.8 Å². The molecular formula is C15H24N4O3. The van der Waals surface area contributed by atoms with Crippen LogP contribution in [0.15, 0.2) is 18.6 Å². The van der Waals surface area contributed by atoms with E-state index in [1.165, 1.54) is 12.4 Å². The molecule has 1 heterocycles. The minimum absolute atomic E-state index is 0.120. The Hall–Kier alpha value is -2.18. The Bertz CT molecular complexity index is 485. The van der Waals surface area contributed by atoms with Crippen LogP contribution in [0.25, 0.3) is 0 Å². The highest BCUT2D eigenvalue weighted by Crippen LogP contribution is 2.10. The number of aromatic nitrogens is 2. The molecule has 0 saturated carbocycles. The Kier molecular flexibility index (Phi) is 6.75. The first-order chi connectivity index (χ1) is 10.3. The third-order valence-electron chi connectivity index (χ3n) is 2.67. The van der Waals surface area contributed by atoms with Crippen molar-refractivity contribution in [1.82, 2.24) is 15.3 Å². The predicted molar refractivity (Wildman–Crippen MR) is 83.3 cm³/mol. The number of carbonyl (C=O) groups excluding carboxylic acids is 2. The second-order valence-corrected chi connectivity index (χ2v) is 6.17. The number of hydrogen-bond donors (Lipinski definition) is 2. The molecule has 0 aliphatic rings. The lowest BCUT2D eigenvalue weighted by molar-refractivity contribution is -0.117. The Morgan fingerprint density at radius 1 is 1.32 bits per heavy atom. The number of anilines is 1. The van der Waals surface area contributed by atoms with Crippen LogP contribution in [0.4, 0.5) is 10.6 Å². The van der Waals surface area contributed by atoms with Crippen LogP contribution in [-0.4, -0.2) is 34.1 Å². The van der Waals surface area contributed by atoms with Gasteiger partial charge in [-0.3, -0.25) is 9.78 Å². The van der Waals surface area contributed by atoms with Crippen molar-refractivity contribution in [1.29, 1.82) is 0 Å². The van der Waals surface area contributed by atoms with Gasteiger partial charge >= 0.3 is 6.09 Å². The molecule has 0 spiro atoms. The number of hydrogen-bond acceptors (Lipinski definition) is 5. The number of nitrogens with one attached hydrogen (secondary N) is 2. The van der Waals surface area contributed by atoms with E-state index in [1.54, 1.807) is 6.20 Å². The van der Waals surface area contributed by atoms with E-state index in [2.05, 4.69) is 20.6 Å². The largest absolute Gasteiger partial charge is 0.444 e. The van der Waals surface area contributed by atoms with Crippen LogP contribution < -0.4 is 10.6 Å². The molecule has 0 aliphatic carbocycles. The number of ether oxygens (including phenoxy) is 1. The Morgan fingerprint density at radius 3 is 2.64 bits per heavy atom. The maximum Gasteiger partial charge on any atom is 0.407 e. The zero-order chi connectivity index (χ0) is 16.6. The fourth-order valence-corrected chi connectivity index (χ4v) is 1.71. The second-order valence-electron chi connectivity index (χ2n) is 6.17. The van der Waals surface area contributed by atoms with Gasteiger partial charge in [-0.05, 0) is 33.1 Å². The van der Waals surface area contributed by atoms with Crippen molar-refractivity contribution in [3.05, 3.63) is 18.6 Å². The van der Waals surface area contributed by atoms with Gasteiger partial charge in [-0.2, -0.15) is 0 Å². The average Bonchev–Trinajstić information content (AvgIpc) is 2.37. The highest BCUT2D eigenvalue weighted by Gasteiger charge is 2.16. The van der Waals surface area contributed by atoms with Gasteiger partial charge < -0.3 is 15.4 Å². The first-order valence-corrected chi connectivity index (χ1v) is 7.29. The highest BCUT2D eigenvalue weighted by molar-refractivity contribution is 5.89. The highest BCUT2D eigenvalue weighted by atomic mass is 16.6. The molecule has 22 heavy (non-hydrogen) atoms. The van der Waals surface area contributed by atoms with E-state index >= 15 is 0 Å². The van der Waals surface area contributed by atoms with Crippen molar-refractivity contribution in [2.75, 3.05) is 11.9 Å². The third kappa shape index (κ3) is 8.18. The molecule has 0 bridgehead atoms. The van der Waals surface area contributed by atoms with E-state index in [9.17, 15) is 9.59 Å². The first-order valence-electron chi connectivity index (χ1n) is 7.29. The van der Waals surface area contributed by atoms with Gasteiger partial charge in [0.1, 0.15) is 5.60 Å². The molecule has 7 heteroatoms. The zero-order valence-corrected chi connectivity index (χ0v) is 13.5. The molecule has 1 rings (SSSR count). The molecule has 7 nitrogen and oxygen atoms in total. The van der Waals surface area contributed by atoms with E-state index in [0.29, 0.717) is 25.2 Å². The van der Waals surface area contributed by atoms with Gasteiger partial charge in [-0.25, -0.2) is 9.78 Å². The van der Waals surface area contributed by atoms with Crippen LogP contribution in [0, 0.1) is 5.92 Å². The molecular weight excluding hydrogens is 284 g/mol. The summed E-state index contributed by atoms with van der Waals surface area (Å²) in [5.41, 5.74) is -0.508. The minimum Gasteiger partial charge on any atom is -0.444 e. The second kappa shape index (κ2) is 8.31. The fraction of sp³-hybridized carbons (Fsp3) is 0.600. The molecule has 1 aromatic rings. The van der Waals surface area contributed by atoms with Crippen molar-refractivity contribution in [2.24, 2.45) is 5.92 Å². The first kappa shape index (κ1) is 17.9. The van der Waals surface area contributed by atoms with Crippen LogP contribution in [0.3, 0.4) is 0 Å². The van der Waals surface area contributed by atoms with Crippen LogP contribution in [0.1, 0.15) is 40.5 Å². The number of alkyl carbamates (subject to hydrolysis) is 1. The Balaban J connectivity index is 2.21. The molecule has 2 amide bonds. The van der Waals surface area contributed by atoms with Gasteiger partial charge in [0.05, 0.1) is 6.20 Å². The summed E-state index contributed by atoms with van der Waals surface area (Å²) in [5, 5.41) is 5.36. The number of rotatable bonds is 6. The molecule has 0 saturated heterocycles. The van der Waals surface area contributed by atoms with Gasteiger partial charge in [0, 0.05) is 25.4 Å². The summed E-state index contributed by atoms with van der Waals surface area (Å²) in [6.07, 6.45) is 5.15. The number of nitrogens with zero attached hydrogens (tertiary/aromatic N) is 2. The van der Waals surface area contributed by atoms with E-state index in [1.807, 2.05) is 27.7 Å². The van der Waals surface area contributed by atoms with E-state index in [0.717, 1.165) is 0 Å². The van der Waals surface area contributed by atoms with E-state index in [-0.39, 0.29) is 11.8 Å². The van der Waals surface area contributed by atoms with Crippen LogP contribution >= 0.6 is 0 Å². The maximum atomic E-state index is 11.8. The standard InChI is InChI=1S/C15H24N4O3/c1-11(5-6-18-14(21)22-15(2,3)4)9-13(20)19-12-10-16-7-8-17-12/h7-8,10-11H,5-6,9H2,1-4H3,(H,18,21)(H,17,19,20)/t11-/m0/s1. The normalized spacial score (nSPS) is 12.4. The quantitative estimate of drug-likeness (QED) is 0.841. The molecule has 0 radical (unpaired) electrons. The predicted octanol–water partition coefficient (Wildman–Crippen LogP) is 2.36. The minimum atomic E-state index is -0.508. The fourth-order valence-electron chi connectivity index (χ4n) is 1.71.